The van der Waals surface area contributed by atoms with Crippen molar-refractivity contribution in [3.63, 3.8) is 0 Å². The SMILES string of the molecule is CN(C)C(c1cccc(F)c1)C1CCC2(CC1)c1[nH]c3ccccc3c1CCN2C(=O)CC(C)(C)C. The molecule has 1 aliphatic carbocycles. The van der Waals surface area contributed by atoms with Gasteiger partial charge in [0.05, 0.1) is 5.54 Å². The van der Waals surface area contributed by atoms with Crippen molar-refractivity contribution in [2.75, 3.05) is 20.6 Å². The number of amides is 1. The summed E-state index contributed by atoms with van der Waals surface area (Å²) in [6, 6.07) is 15.8. The zero-order chi connectivity index (χ0) is 25.7. The van der Waals surface area contributed by atoms with E-state index in [2.05, 4.69) is 73.9 Å². The minimum absolute atomic E-state index is 0.0520. The molecular weight excluding hydrogens is 449 g/mol. The molecule has 2 aliphatic rings. The van der Waals surface area contributed by atoms with Crippen LogP contribution in [0.3, 0.4) is 0 Å². The second kappa shape index (κ2) is 9.33. The quantitative estimate of drug-likeness (QED) is 0.437. The summed E-state index contributed by atoms with van der Waals surface area (Å²) in [4.78, 5) is 22.0. The second-order valence-corrected chi connectivity index (χ2v) is 12.4. The summed E-state index contributed by atoms with van der Waals surface area (Å²) in [5, 5.41) is 1.29. The minimum atomic E-state index is -0.301. The summed E-state index contributed by atoms with van der Waals surface area (Å²) in [6.45, 7) is 7.21. The molecule has 192 valence electrons. The Hall–Kier alpha value is -2.66. The zero-order valence-corrected chi connectivity index (χ0v) is 22.4. The van der Waals surface area contributed by atoms with Crippen LogP contribution in [0.1, 0.15) is 75.7 Å². The molecule has 3 aromatic rings. The highest BCUT2D eigenvalue weighted by molar-refractivity contribution is 5.87. The van der Waals surface area contributed by atoms with Crippen LogP contribution in [0.4, 0.5) is 4.39 Å². The highest BCUT2D eigenvalue weighted by Crippen LogP contribution is 2.51. The second-order valence-electron chi connectivity index (χ2n) is 12.4. The molecule has 5 rings (SSSR count). The summed E-state index contributed by atoms with van der Waals surface area (Å²) in [7, 11) is 4.19. The summed E-state index contributed by atoms with van der Waals surface area (Å²) in [5.41, 5.74) is 4.49. The van der Waals surface area contributed by atoms with Gasteiger partial charge in [-0.05, 0) is 86.9 Å². The van der Waals surface area contributed by atoms with E-state index in [9.17, 15) is 9.18 Å². The first kappa shape index (κ1) is 25.0. The van der Waals surface area contributed by atoms with Crippen LogP contribution in [0.5, 0.6) is 0 Å². The number of H-pyrrole nitrogens is 1. The lowest BCUT2D eigenvalue weighted by Crippen LogP contribution is -2.56. The smallest absolute Gasteiger partial charge is 0.223 e. The summed E-state index contributed by atoms with van der Waals surface area (Å²) < 4.78 is 14.1. The lowest BCUT2D eigenvalue weighted by molar-refractivity contribution is -0.144. The van der Waals surface area contributed by atoms with Crippen LogP contribution >= 0.6 is 0 Å². The molecule has 4 nitrogen and oxygen atoms in total. The van der Waals surface area contributed by atoms with Crippen LogP contribution in [-0.2, 0) is 16.8 Å². The van der Waals surface area contributed by atoms with Crippen molar-refractivity contribution in [1.82, 2.24) is 14.8 Å². The van der Waals surface area contributed by atoms with Gasteiger partial charge in [-0.2, -0.15) is 0 Å². The minimum Gasteiger partial charge on any atom is -0.356 e. The maximum absolute atomic E-state index is 14.1. The average Bonchev–Trinajstić information content (AvgIpc) is 3.19. The van der Waals surface area contributed by atoms with Crippen molar-refractivity contribution in [2.45, 2.75) is 70.9 Å². The van der Waals surface area contributed by atoms with Crippen molar-refractivity contribution >= 4 is 16.8 Å². The van der Waals surface area contributed by atoms with Crippen LogP contribution in [0.15, 0.2) is 48.5 Å². The van der Waals surface area contributed by atoms with E-state index in [1.807, 2.05) is 12.1 Å². The van der Waals surface area contributed by atoms with Crippen molar-refractivity contribution in [1.29, 1.82) is 0 Å². The van der Waals surface area contributed by atoms with E-state index in [1.165, 1.54) is 28.2 Å². The van der Waals surface area contributed by atoms with Gasteiger partial charge in [0.15, 0.2) is 0 Å². The van der Waals surface area contributed by atoms with Gasteiger partial charge in [0.2, 0.25) is 5.91 Å². The predicted molar refractivity (Wildman–Crippen MR) is 144 cm³/mol. The first-order chi connectivity index (χ1) is 17.1. The Morgan fingerprint density at radius 2 is 1.86 bits per heavy atom. The molecule has 1 unspecified atom stereocenters. The molecule has 1 aromatic heterocycles. The highest BCUT2D eigenvalue weighted by Gasteiger charge is 2.50. The molecule has 36 heavy (non-hydrogen) atoms. The fraction of sp³-hybridized carbons (Fsp3) is 0.516. The molecule has 1 saturated carbocycles. The monoisotopic (exact) mass is 489 g/mol. The number of hydrogen-bond acceptors (Lipinski definition) is 2. The van der Waals surface area contributed by atoms with Crippen LogP contribution in [0, 0.1) is 17.2 Å². The van der Waals surface area contributed by atoms with Gasteiger partial charge in [-0.15, -0.1) is 0 Å². The number of para-hydroxylation sites is 1. The number of fused-ring (bicyclic) bond motifs is 4. The van der Waals surface area contributed by atoms with E-state index in [0.717, 1.165) is 44.2 Å². The molecule has 1 N–H and O–H groups in total. The van der Waals surface area contributed by atoms with E-state index in [-0.39, 0.29) is 28.7 Å². The summed E-state index contributed by atoms with van der Waals surface area (Å²) in [5.74, 6) is 0.488. The molecule has 5 heteroatoms. The van der Waals surface area contributed by atoms with Gasteiger partial charge < -0.3 is 14.8 Å². The Bertz CT molecular complexity index is 1250. The third kappa shape index (κ3) is 4.47. The topological polar surface area (TPSA) is 39.3 Å². The maximum Gasteiger partial charge on any atom is 0.223 e. The van der Waals surface area contributed by atoms with Gasteiger partial charge in [-0.3, -0.25) is 4.79 Å². The van der Waals surface area contributed by atoms with E-state index in [4.69, 9.17) is 0 Å². The van der Waals surface area contributed by atoms with Crippen LogP contribution in [0.2, 0.25) is 0 Å². The Kier molecular flexibility index (Phi) is 6.48. The van der Waals surface area contributed by atoms with Gasteiger partial charge in [0.1, 0.15) is 5.82 Å². The van der Waals surface area contributed by atoms with Crippen LogP contribution < -0.4 is 0 Å². The first-order valence-corrected chi connectivity index (χ1v) is 13.4. The third-order valence-electron chi connectivity index (χ3n) is 8.41. The fourth-order valence-electron chi connectivity index (χ4n) is 6.98. The van der Waals surface area contributed by atoms with Crippen molar-refractivity contribution in [3.05, 3.63) is 71.2 Å². The van der Waals surface area contributed by atoms with Gasteiger partial charge in [0, 0.05) is 35.6 Å². The number of nitrogens with zero attached hydrogens (tertiary/aromatic N) is 2. The van der Waals surface area contributed by atoms with Crippen molar-refractivity contribution in [2.24, 2.45) is 11.3 Å². The number of hydrogen-bond donors (Lipinski definition) is 1. The van der Waals surface area contributed by atoms with E-state index in [1.54, 1.807) is 6.07 Å². The number of rotatable bonds is 4. The number of nitrogens with one attached hydrogen (secondary N) is 1. The Morgan fingerprint density at radius 3 is 2.53 bits per heavy atom. The third-order valence-corrected chi connectivity index (χ3v) is 8.41. The van der Waals surface area contributed by atoms with Gasteiger partial charge >= 0.3 is 0 Å². The molecule has 1 fully saturated rings. The van der Waals surface area contributed by atoms with E-state index >= 15 is 0 Å². The van der Waals surface area contributed by atoms with Crippen molar-refractivity contribution in [3.8, 4) is 0 Å². The van der Waals surface area contributed by atoms with E-state index in [0.29, 0.717) is 12.3 Å². The molecule has 0 saturated heterocycles. The molecule has 1 amide bonds. The Labute approximate surface area is 214 Å². The molecule has 0 radical (unpaired) electrons. The van der Waals surface area contributed by atoms with Crippen LogP contribution in [-0.4, -0.2) is 41.3 Å². The standard InChI is InChI=1S/C31H40FN3O/c1-30(2,3)20-27(36)35-18-15-25-24-11-6-7-12-26(24)33-29(25)31(35)16-13-21(14-17-31)28(34(4)5)22-9-8-10-23(32)19-22/h6-12,19,21,28,33H,13-18,20H2,1-5H3. The number of aromatic amines is 1. The van der Waals surface area contributed by atoms with Gasteiger partial charge in [-0.1, -0.05) is 51.1 Å². The van der Waals surface area contributed by atoms with E-state index < -0.39 is 0 Å². The fourth-order valence-corrected chi connectivity index (χ4v) is 6.98. The summed E-state index contributed by atoms with van der Waals surface area (Å²) in [6.07, 6.45) is 5.28. The molecular formula is C31H40FN3O. The number of carbonyl (C=O) groups excluding carboxylic acids is 1. The molecule has 1 atom stereocenters. The highest BCUT2D eigenvalue weighted by atomic mass is 19.1. The molecule has 2 heterocycles. The Morgan fingerprint density at radius 1 is 1.14 bits per heavy atom. The first-order valence-electron chi connectivity index (χ1n) is 13.4. The average molecular weight is 490 g/mol. The van der Waals surface area contributed by atoms with Gasteiger partial charge in [0.25, 0.3) is 0 Å². The lowest BCUT2D eigenvalue weighted by Gasteiger charge is -2.52. The lowest BCUT2D eigenvalue weighted by atomic mass is 9.68. The normalized spacial score (nSPS) is 23.3. The maximum atomic E-state index is 14.1. The molecule has 1 spiro atoms. The molecule has 1 aliphatic heterocycles. The Balaban J connectivity index is 1.51. The zero-order valence-electron chi connectivity index (χ0n) is 22.4. The number of benzene rings is 2. The predicted octanol–water partition coefficient (Wildman–Crippen LogP) is 6.82. The number of carbonyl (C=O) groups is 1. The largest absolute Gasteiger partial charge is 0.356 e. The number of aromatic nitrogens is 1. The van der Waals surface area contributed by atoms with Gasteiger partial charge in [-0.25, -0.2) is 4.39 Å². The number of halogens is 1. The molecule has 0 bridgehead atoms. The van der Waals surface area contributed by atoms with Crippen molar-refractivity contribution < 1.29 is 9.18 Å². The molecule has 2 aromatic carbocycles. The van der Waals surface area contributed by atoms with Crippen LogP contribution in [0.25, 0.3) is 10.9 Å². The summed E-state index contributed by atoms with van der Waals surface area (Å²) >= 11 is 0.